The third-order valence-corrected chi connectivity index (χ3v) is 5.86. The Hall–Kier alpha value is -3.33. The normalized spacial score (nSPS) is 12.6. The number of hydrogen-bond acceptors (Lipinski definition) is 6. The van der Waals surface area contributed by atoms with Gasteiger partial charge in [0.15, 0.2) is 5.76 Å². The number of hydrogen-bond donors (Lipinski definition) is 3. The highest BCUT2D eigenvalue weighted by Gasteiger charge is 2.31. The molecule has 1 heterocycles. The van der Waals surface area contributed by atoms with Gasteiger partial charge >= 0.3 is 0 Å². The molecule has 0 saturated carbocycles. The molecule has 35 heavy (non-hydrogen) atoms. The van der Waals surface area contributed by atoms with Gasteiger partial charge in [0, 0.05) is 17.7 Å². The molecule has 0 spiro atoms. The van der Waals surface area contributed by atoms with Gasteiger partial charge in [-0.1, -0.05) is 52.2 Å². The zero-order valence-electron chi connectivity index (χ0n) is 20.8. The average molecular weight is 488 g/mol. The third-order valence-electron chi connectivity index (χ3n) is 5.86. The fourth-order valence-electron chi connectivity index (χ4n) is 4.03. The van der Waals surface area contributed by atoms with Crippen LogP contribution in [0.1, 0.15) is 75.4 Å². The zero-order chi connectivity index (χ0) is 25.8. The summed E-state index contributed by atoms with van der Waals surface area (Å²) in [5.74, 6) is -0.586. The van der Waals surface area contributed by atoms with Crippen molar-refractivity contribution in [3.05, 3.63) is 41.7 Å². The van der Waals surface area contributed by atoms with Gasteiger partial charge in [0.25, 0.3) is 5.91 Å². The molecule has 2 aromatic rings. The van der Waals surface area contributed by atoms with Gasteiger partial charge in [-0.3, -0.25) is 19.6 Å². The Bertz CT molecular complexity index is 974. The Labute approximate surface area is 206 Å². The molecule has 9 heteroatoms. The van der Waals surface area contributed by atoms with Gasteiger partial charge < -0.3 is 20.2 Å². The second kappa shape index (κ2) is 14.2. The maximum Gasteiger partial charge on any atom is 0.284 e. The first-order valence-electron chi connectivity index (χ1n) is 12.2. The number of benzene rings is 1. The lowest BCUT2D eigenvalue weighted by molar-refractivity contribution is -0.168. The maximum atomic E-state index is 13.1. The van der Waals surface area contributed by atoms with E-state index in [1.807, 2.05) is 38.1 Å². The maximum absolute atomic E-state index is 13.1. The molecule has 1 aromatic heterocycles. The van der Waals surface area contributed by atoms with Crippen molar-refractivity contribution in [1.82, 2.24) is 10.4 Å². The van der Waals surface area contributed by atoms with E-state index in [2.05, 4.69) is 12.2 Å². The molecule has 0 aliphatic carbocycles. The summed E-state index contributed by atoms with van der Waals surface area (Å²) in [6, 6.07) is 8.33. The molecular formula is C26H37N3O6. The van der Waals surface area contributed by atoms with Crippen molar-refractivity contribution in [2.45, 2.75) is 71.9 Å². The van der Waals surface area contributed by atoms with E-state index in [9.17, 15) is 19.6 Å². The van der Waals surface area contributed by atoms with Crippen LogP contribution in [0.4, 0.5) is 0 Å². The van der Waals surface area contributed by atoms with Crippen LogP contribution in [0.2, 0.25) is 0 Å². The van der Waals surface area contributed by atoms with E-state index in [-0.39, 0.29) is 18.2 Å². The van der Waals surface area contributed by atoms with E-state index < -0.39 is 17.9 Å². The first-order valence-corrected chi connectivity index (χ1v) is 12.2. The Morgan fingerprint density at radius 2 is 1.97 bits per heavy atom. The second-order valence-corrected chi connectivity index (χ2v) is 8.49. The average Bonchev–Trinajstić information content (AvgIpc) is 3.30. The molecule has 3 amide bonds. The van der Waals surface area contributed by atoms with Crippen molar-refractivity contribution in [2.75, 3.05) is 6.61 Å². The number of furan rings is 1. The van der Waals surface area contributed by atoms with Crippen molar-refractivity contribution < 1.29 is 28.7 Å². The second-order valence-electron chi connectivity index (χ2n) is 8.49. The van der Waals surface area contributed by atoms with Crippen molar-refractivity contribution in [2.24, 2.45) is 11.7 Å². The predicted octanol–water partition coefficient (Wildman–Crippen LogP) is 4.27. The molecule has 0 saturated heterocycles. The number of amides is 3. The number of nitrogens with one attached hydrogen (secondary N) is 1. The summed E-state index contributed by atoms with van der Waals surface area (Å²) in [5, 5.41) is 13.4. The molecule has 4 N–H and O–H groups in total. The Balaban J connectivity index is 2.23. The smallest absolute Gasteiger partial charge is 0.284 e. The van der Waals surface area contributed by atoms with Crippen LogP contribution in [0.5, 0.6) is 5.75 Å². The minimum atomic E-state index is -0.743. The minimum Gasteiger partial charge on any atom is -0.494 e. The molecule has 192 valence electrons. The molecule has 2 rings (SSSR count). The highest BCUT2D eigenvalue weighted by Crippen LogP contribution is 2.29. The lowest BCUT2D eigenvalue weighted by atomic mass is 9.90. The summed E-state index contributed by atoms with van der Waals surface area (Å²) in [7, 11) is 0. The Kier molecular flexibility index (Phi) is 11.3. The summed E-state index contributed by atoms with van der Waals surface area (Å²) in [5.41, 5.74) is 6.68. The SMILES string of the molecule is CCCCC[C@@H](C(=O)NCc1cc(-c2cccc(OCCC)c2)oc1C(N)=O)[C@@H](CC)N(O)C=O. The molecule has 0 aliphatic rings. The van der Waals surface area contributed by atoms with Crippen LogP contribution >= 0.6 is 0 Å². The molecule has 1 aromatic carbocycles. The zero-order valence-corrected chi connectivity index (χ0v) is 20.8. The molecule has 9 nitrogen and oxygen atoms in total. The number of nitrogens with zero attached hydrogens (tertiary/aromatic N) is 1. The van der Waals surface area contributed by atoms with Crippen LogP contribution in [0.15, 0.2) is 34.7 Å². The van der Waals surface area contributed by atoms with Gasteiger partial charge in [0.2, 0.25) is 12.3 Å². The Morgan fingerprint density at radius 1 is 1.20 bits per heavy atom. The largest absolute Gasteiger partial charge is 0.494 e. The molecule has 2 atom stereocenters. The number of carbonyl (C=O) groups is 3. The fraction of sp³-hybridized carbons (Fsp3) is 0.500. The van der Waals surface area contributed by atoms with E-state index in [1.54, 1.807) is 6.07 Å². The number of unbranched alkanes of at least 4 members (excludes halogenated alkanes) is 2. The quantitative estimate of drug-likeness (QED) is 0.140. The van der Waals surface area contributed by atoms with Gasteiger partial charge in [-0.2, -0.15) is 0 Å². The third kappa shape index (κ3) is 7.85. The van der Waals surface area contributed by atoms with Crippen LogP contribution in [0.3, 0.4) is 0 Å². The van der Waals surface area contributed by atoms with Crippen LogP contribution in [-0.4, -0.2) is 41.1 Å². The number of ether oxygens (including phenoxy) is 1. The Morgan fingerprint density at radius 3 is 2.60 bits per heavy atom. The number of nitrogens with two attached hydrogens (primary N) is 1. The molecular weight excluding hydrogens is 450 g/mol. The number of rotatable bonds is 16. The summed E-state index contributed by atoms with van der Waals surface area (Å²) in [6.45, 7) is 6.48. The molecule has 0 fully saturated rings. The van der Waals surface area contributed by atoms with E-state index in [0.717, 1.165) is 25.7 Å². The molecule has 0 radical (unpaired) electrons. The fourth-order valence-corrected chi connectivity index (χ4v) is 4.03. The lowest BCUT2D eigenvalue weighted by Gasteiger charge is -2.29. The molecule has 0 aliphatic heterocycles. The van der Waals surface area contributed by atoms with E-state index in [1.165, 1.54) is 0 Å². The lowest BCUT2D eigenvalue weighted by Crippen LogP contribution is -2.45. The van der Waals surface area contributed by atoms with Crippen LogP contribution in [-0.2, 0) is 16.1 Å². The van der Waals surface area contributed by atoms with E-state index in [4.69, 9.17) is 14.9 Å². The van der Waals surface area contributed by atoms with Crippen LogP contribution in [0.25, 0.3) is 11.3 Å². The molecule has 0 unspecified atom stereocenters. The highest BCUT2D eigenvalue weighted by atomic mass is 16.5. The summed E-state index contributed by atoms with van der Waals surface area (Å²) >= 11 is 0. The van der Waals surface area contributed by atoms with Crippen molar-refractivity contribution in [3.63, 3.8) is 0 Å². The van der Waals surface area contributed by atoms with E-state index in [0.29, 0.717) is 53.6 Å². The summed E-state index contributed by atoms with van der Waals surface area (Å²) < 4.78 is 11.4. The van der Waals surface area contributed by atoms with Gasteiger partial charge in [0.05, 0.1) is 18.6 Å². The van der Waals surface area contributed by atoms with Crippen molar-refractivity contribution >= 4 is 18.2 Å². The van der Waals surface area contributed by atoms with E-state index >= 15 is 0 Å². The van der Waals surface area contributed by atoms with Crippen molar-refractivity contribution in [3.8, 4) is 17.1 Å². The number of carbonyl (C=O) groups excluding carboxylic acids is 3. The number of primary amides is 1. The van der Waals surface area contributed by atoms with Crippen LogP contribution in [0, 0.1) is 5.92 Å². The van der Waals surface area contributed by atoms with Gasteiger partial charge in [-0.25, -0.2) is 5.06 Å². The standard InChI is InChI=1S/C26H37N3O6/c1-4-7-8-12-21(22(6-3)29(33)17-30)26(32)28-16-19-15-23(35-24(19)25(27)31)18-10-9-11-20(14-18)34-13-5-2/h9-11,14-15,17,21-22,33H,4-8,12-13,16H2,1-3H3,(H2,27,31)(H,28,32)/t21-,22-/m1/s1. The molecule has 0 bridgehead atoms. The first-order chi connectivity index (χ1) is 16.9. The number of hydroxylamine groups is 2. The monoisotopic (exact) mass is 487 g/mol. The van der Waals surface area contributed by atoms with Crippen LogP contribution < -0.4 is 15.8 Å². The van der Waals surface area contributed by atoms with Crippen molar-refractivity contribution in [1.29, 1.82) is 0 Å². The summed E-state index contributed by atoms with van der Waals surface area (Å²) in [4.78, 5) is 36.3. The van der Waals surface area contributed by atoms with Gasteiger partial charge in [-0.05, 0) is 37.5 Å². The first kappa shape index (κ1) is 27.9. The van der Waals surface area contributed by atoms with Gasteiger partial charge in [0.1, 0.15) is 11.5 Å². The minimum absolute atomic E-state index is 0.0138. The topological polar surface area (TPSA) is 135 Å². The predicted molar refractivity (Wildman–Crippen MR) is 132 cm³/mol. The summed E-state index contributed by atoms with van der Waals surface area (Å²) in [6.07, 6.45) is 4.83. The van der Waals surface area contributed by atoms with Gasteiger partial charge in [-0.15, -0.1) is 0 Å². The highest BCUT2D eigenvalue weighted by molar-refractivity contribution is 5.92.